The van der Waals surface area contributed by atoms with Crippen molar-refractivity contribution < 1.29 is 0 Å². The summed E-state index contributed by atoms with van der Waals surface area (Å²) in [6.45, 7) is 14.6. The van der Waals surface area contributed by atoms with Crippen molar-refractivity contribution in [2.45, 2.75) is 79.2 Å². The molecule has 1 saturated carbocycles. The summed E-state index contributed by atoms with van der Waals surface area (Å²) in [5.41, 5.74) is 10.3. The van der Waals surface area contributed by atoms with Gasteiger partial charge in [-0.2, -0.15) is 0 Å². The maximum atomic E-state index is 4.11. The number of anilines is 1. The van der Waals surface area contributed by atoms with Gasteiger partial charge in [-0.05, 0) is 84.1 Å². The van der Waals surface area contributed by atoms with E-state index in [9.17, 15) is 0 Å². The van der Waals surface area contributed by atoms with Gasteiger partial charge in [0.2, 0.25) is 0 Å². The predicted octanol–water partition coefficient (Wildman–Crippen LogP) is 6.89. The Morgan fingerprint density at radius 1 is 0.885 bits per heavy atom. The molecule has 1 fully saturated rings. The molecule has 1 heterocycles. The monoisotopic (exact) mass is 347 g/mol. The Morgan fingerprint density at radius 2 is 1.65 bits per heavy atom. The van der Waals surface area contributed by atoms with E-state index in [1.807, 2.05) is 0 Å². The summed E-state index contributed by atoms with van der Waals surface area (Å²) in [5, 5.41) is 4.11. The normalized spacial score (nSPS) is 35.8. The number of nitrogens with one attached hydrogen (secondary N) is 1. The van der Waals surface area contributed by atoms with Crippen molar-refractivity contribution in [1.82, 2.24) is 0 Å². The quantitative estimate of drug-likeness (QED) is 0.539. The Hall–Kier alpha value is -1.50. The summed E-state index contributed by atoms with van der Waals surface area (Å²) in [6, 6.07) is 7.02. The van der Waals surface area contributed by atoms with Gasteiger partial charge in [0.25, 0.3) is 0 Å². The van der Waals surface area contributed by atoms with Gasteiger partial charge in [0.15, 0.2) is 0 Å². The SMILES string of the molecule is Cc1ccc2c(c1)C1=C3C(=C[C@@]4(C)CC(C)(C)C[C@@]3(C4)N2)CC(C)(C)C1. The molecule has 3 aliphatic carbocycles. The zero-order valence-corrected chi connectivity index (χ0v) is 17.3. The number of allylic oxidation sites excluding steroid dienone is 2. The number of aryl methyl sites for hydroxylation is 1. The van der Waals surface area contributed by atoms with Gasteiger partial charge >= 0.3 is 0 Å². The lowest BCUT2D eigenvalue weighted by atomic mass is 9.48. The Labute approximate surface area is 159 Å². The molecule has 0 amide bonds. The van der Waals surface area contributed by atoms with E-state index in [1.54, 1.807) is 16.7 Å². The molecule has 4 aliphatic rings. The highest BCUT2D eigenvalue weighted by Crippen LogP contribution is 2.65. The maximum absolute atomic E-state index is 4.11. The molecule has 1 N–H and O–H groups in total. The van der Waals surface area contributed by atoms with Crippen molar-refractivity contribution in [2.75, 3.05) is 5.32 Å². The maximum Gasteiger partial charge on any atom is 0.0644 e. The number of fused-ring (bicyclic) bond motifs is 3. The van der Waals surface area contributed by atoms with Crippen LogP contribution in [0.2, 0.25) is 0 Å². The first-order valence-corrected chi connectivity index (χ1v) is 10.4. The summed E-state index contributed by atoms with van der Waals surface area (Å²) in [6.07, 6.45) is 8.92. The largest absolute Gasteiger partial charge is 0.375 e. The molecule has 138 valence electrons. The second-order valence-electron chi connectivity index (χ2n) is 11.6. The zero-order chi connectivity index (χ0) is 18.5. The number of hydrogen-bond acceptors (Lipinski definition) is 1. The smallest absolute Gasteiger partial charge is 0.0644 e. The molecule has 0 saturated heterocycles. The molecule has 1 heteroatoms. The van der Waals surface area contributed by atoms with Crippen molar-refractivity contribution in [3.8, 4) is 0 Å². The van der Waals surface area contributed by atoms with Gasteiger partial charge in [-0.1, -0.05) is 52.3 Å². The van der Waals surface area contributed by atoms with Crippen molar-refractivity contribution in [2.24, 2.45) is 16.2 Å². The lowest BCUT2D eigenvalue weighted by Gasteiger charge is -2.61. The first-order chi connectivity index (χ1) is 12.0. The lowest BCUT2D eigenvalue weighted by Crippen LogP contribution is -2.57. The standard InChI is InChI=1S/C25H33N/c1-16-7-8-20-18(9-16)19-12-22(2,3)10-17-11-24(6)13-23(4,5)14-25(15-24,26-20)21(17)19/h7-9,11,26H,10,12-15H2,1-6H3/t24-,25-/m0/s1. The number of hydrogen-bond donors (Lipinski definition) is 1. The van der Waals surface area contributed by atoms with Crippen LogP contribution in [0.1, 0.15) is 77.8 Å². The zero-order valence-electron chi connectivity index (χ0n) is 17.3. The molecule has 26 heavy (non-hydrogen) atoms. The van der Waals surface area contributed by atoms with E-state index in [0.29, 0.717) is 16.2 Å². The predicted molar refractivity (Wildman–Crippen MR) is 111 cm³/mol. The molecular formula is C25H33N. The molecule has 1 spiro atoms. The minimum absolute atomic E-state index is 0.134. The second-order valence-corrected chi connectivity index (χ2v) is 11.6. The molecule has 0 unspecified atom stereocenters. The van der Waals surface area contributed by atoms with Crippen LogP contribution < -0.4 is 5.32 Å². The average molecular weight is 348 g/mol. The molecule has 1 aromatic carbocycles. The van der Waals surface area contributed by atoms with E-state index in [-0.39, 0.29) is 5.54 Å². The van der Waals surface area contributed by atoms with Crippen LogP contribution in [0.25, 0.3) is 5.57 Å². The van der Waals surface area contributed by atoms with Gasteiger partial charge in [0, 0.05) is 11.3 Å². The van der Waals surface area contributed by atoms with Crippen LogP contribution in [0.4, 0.5) is 5.69 Å². The van der Waals surface area contributed by atoms with Gasteiger partial charge in [0.05, 0.1) is 5.54 Å². The fraction of sp³-hybridized carbons (Fsp3) is 0.600. The highest BCUT2D eigenvalue weighted by molar-refractivity contribution is 5.89. The molecule has 1 nitrogen and oxygen atoms in total. The third kappa shape index (κ3) is 2.28. The molecule has 5 rings (SSSR count). The Morgan fingerprint density at radius 3 is 2.42 bits per heavy atom. The highest BCUT2D eigenvalue weighted by atomic mass is 15.0. The molecule has 1 aliphatic heterocycles. The van der Waals surface area contributed by atoms with Gasteiger partial charge < -0.3 is 5.32 Å². The third-order valence-electron chi connectivity index (χ3n) is 7.19. The van der Waals surface area contributed by atoms with Crippen LogP contribution in [-0.2, 0) is 0 Å². The average Bonchev–Trinajstić information content (AvgIpc) is 2.43. The van der Waals surface area contributed by atoms with E-state index in [4.69, 9.17) is 0 Å². The number of benzene rings is 1. The Kier molecular flexibility index (Phi) is 2.99. The fourth-order valence-electron chi connectivity index (χ4n) is 7.29. The molecule has 2 atom stereocenters. The molecule has 0 aromatic heterocycles. The van der Waals surface area contributed by atoms with Gasteiger partial charge in [-0.3, -0.25) is 0 Å². The van der Waals surface area contributed by atoms with Gasteiger partial charge in [-0.15, -0.1) is 0 Å². The van der Waals surface area contributed by atoms with Crippen LogP contribution in [0.5, 0.6) is 0 Å². The summed E-state index contributed by atoms with van der Waals surface area (Å²) in [5.74, 6) is 0. The van der Waals surface area contributed by atoms with Crippen LogP contribution >= 0.6 is 0 Å². The second kappa shape index (κ2) is 4.66. The molecule has 2 bridgehead atoms. The van der Waals surface area contributed by atoms with Gasteiger partial charge in [-0.25, -0.2) is 0 Å². The minimum atomic E-state index is 0.134. The van der Waals surface area contributed by atoms with E-state index in [0.717, 1.165) is 0 Å². The van der Waals surface area contributed by atoms with Crippen LogP contribution in [0.3, 0.4) is 0 Å². The molecule has 0 radical (unpaired) electrons. The van der Waals surface area contributed by atoms with Crippen LogP contribution in [-0.4, -0.2) is 5.54 Å². The number of rotatable bonds is 0. The van der Waals surface area contributed by atoms with Crippen LogP contribution in [0, 0.1) is 23.2 Å². The summed E-state index contributed by atoms with van der Waals surface area (Å²) in [7, 11) is 0. The minimum Gasteiger partial charge on any atom is -0.375 e. The van der Waals surface area contributed by atoms with Crippen molar-refractivity contribution in [3.05, 3.63) is 46.5 Å². The molecular weight excluding hydrogens is 314 g/mol. The van der Waals surface area contributed by atoms with E-state index < -0.39 is 0 Å². The lowest BCUT2D eigenvalue weighted by molar-refractivity contribution is 0.0837. The highest BCUT2D eigenvalue weighted by Gasteiger charge is 2.57. The first-order valence-electron chi connectivity index (χ1n) is 10.4. The fourth-order valence-corrected chi connectivity index (χ4v) is 7.29. The Bertz CT molecular complexity index is 881. The van der Waals surface area contributed by atoms with Crippen molar-refractivity contribution in [3.63, 3.8) is 0 Å². The van der Waals surface area contributed by atoms with Gasteiger partial charge in [0.1, 0.15) is 0 Å². The topological polar surface area (TPSA) is 12.0 Å². The first kappa shape index (κ1) is 16.7. The summed E-state index contributed by atoms with van der Waals surface area (Å²) < 4.78 is 0. The van der Waals surface area contributed by atoms with Crippen molar-refractivity contribution in [1.29, 1.82) is 0 Å². The Balaban J connectivity index is 1.83. The van der Waals surface area contributed by atoms with Crippen LogP contribution in [0.15, 0.2) is 35.4 Å². The van der Waals surface area contributed by atoms with Crippen molar-refractivity contribution >= 4 is 11.3 Å². The van der Waals surface area contributed by atoms with E-state index in [1.165, 1.54) is 48.9 Å². The third-order valence-corrected chi connectivity index (χ3v) is 7.19. The molecule has 1 aromatic rings. The van der Waals surface area contributed by atoms with E-state index in [2.05, 4.69) is 71.1 Å². The summed E-state index contributed by atoms with van der Waals surface area (Å²) in [4.78, 5) is 0. The summed E-state index contributed by atoms with van der Waals surface area (Å²) >= 11 is 0. The van der Waals surface area contributed by atoms with E-state index >= 15 is 0 Å².